The molecule has 1 aromatic heterocycles. The average Bonchev–Trinajstić information content (AvgIpc) is 3.68. The molecule has 53 heavy (non-hydrogen) atoms. The van der Waals surface area contributed by atoms with Gasteiger partial charge in [-0.3, -0.25) is 4.79 Å². The fourth-order valence-corrected chi connectivity index (χ4v) is 8.06. The van der Waals surface area contributed by atoms with Crippen LogP contribution in [0.15, 0.2) is 88.0 Å². The Balaban J connectivity index is 1.53. The van der Waals surface area contributed by atoms with Gasteiger partial charge in [0.05, 0.1) is 29.0 Å². The SMILES string of the molecule is CC[C@H](C)[C@@H](NC(=O)N(C)Cc1cccc(/C(C)=N/O)n1)C(=O)N[C@H](CCN(CC1CCCC1)S(=O)(=O)c1ccc(C=NO)cc1)Cc1ccccc1. The maximum Gasteiger partial charge on any atom is 0.318 e. The molecule has 0 unspecified atom stereocenters. The number of amides is 3. The second kappa shape index (κ2) is 19.9. The molecule has 3 aromatic rings. The summed E-state index contributed by atoms with van der Waals surface area (Å²) in [4.78, 5) is 33.6. The van der Waals surface area contributed by atoms with Gasteiger partial charge >= 0.3 is 6.03 Å². The summed E-state index contributed by atoms with van der Waals surface area (Å²) in [5.74, 6) is -0.296. The average molecular weight is 748 g/mol. The molecule has 4 rings (SSSR count). The molecule has 2 aromatic carbocycles. The number of carbonyl (C=O) groups excluding carboxylic acids is 2. The molecule has 4 N–H and O–H groups in total. The molecular weight excluding hydrogens is 695 g/mol. The quantitative estimate of drug-likeness (QED) is 0.0739. The summed E-state index contributed by atoms with van der Waals surface area (Å²) >= 11 is 0. The number of carbonyl (C=O) groups is 2. The van der Waals surface area contributed by atoms with Crippen molar-refractivity contribution in [3.8, 4) is 0 Å². The predicted octanol–water partition coefficient (Wildman–Crippen LogP) is 5.64. The van der Waals surface area contributed by atoms with Gasteiger partial charge in [-0.15, -0.1) is 0 Å². The number of oxime groups is 2. The fraction of sp³-hybridized carbons (Fsp3) is 0.462. The Labute approximate surface area is 313 Å². The Bertz CT molecular complexity index is 1800. The molecule has 1 heterocycles. The summed E-state index contributed by atoms with van der Waals surface area (Å²) in [5.41, 5.74) is 2.98. The largest absolute Gasteiger partial charge is 0.411 e. The first-order valence-corrected chi connectivity index (χ1v) is 19.7. The molecule has 14 heteroatoms. The van der Waals surface area contributed by atoms with E-state index in [1.165, 1.54) is 23.2 Å². The Kier molecular flexibility index (Phi) is 15.3. The Hall–Kier alpha value is -4.82. The van der Waals surface area contributed by atoms with Crippen molar-refractivity contribution in [1.29, 1.82) is 0 Å². The summed E-state index contributed by atoms with van der Waals surface area (Å²) in [5, 5.41) is 30.4. The van der Waals surface area contributed by atoms with Crippen molar-refractivity contribution >= 4 is 33.9 Å². The van der Waals surface area contributed by atoms with Crippen molar-refractivity contribution < 1.29 is 28.4 Å². The van der Waals surface area contributed by atoms with Crippen molar-refractivity contribution in [1.82, 2.24) is 24.8 Å². The molecule has 1 aliphatic rings. The van der Waals surface area contributed by atoms with E-state index >= 15 is 0 Å². The zero-order valence-electron chi connectivity index (χ0n) is 31.1. The van der Waals surface area contributed by atoms with Crippen LogP contribution in [0.2, 0.25) is 0 Å². The van der Waals surface area contributed by atoms with Gasteiger partial charge in [-0.1, -0.05) is 92.0 Å². The molecule has 0 bridgehead atoms. The van der Waals surface area contributed by atoms with Crippen molar-refractivity contribution in [2.75, 3.05) is 20.1 Å². The zero-order valence-corrected chi connectivity index (χ0v) is 31.9. The van der Waals surface area contributed by atoms with E-state index in [-0.39, 0.29) is 35.7 Å². The lowest BCUT2D eigenvalue weighted by molar-refractivity contribution is -0.124. The second-order valence-corrected chi connectivity index (χ2v) is 15.8. The Morgan fingerprint density at radius 3 is 2.34 bits per heavy atom. The molecule has 1 saturated carbocycles. The van der Waals surface area contributed by atoms with Crippen LogP contribution in [0.3, 0.4) is 0 Å². The van der Waals surface area contributed by atoms with E-state index in [4.69, 9.17) is 10.4 Å². The van der Waals surface area contributed by atoms with E-state index in [0.717, 1.165) is 31.2 Å². The molecule has 0 spiro atoms. The molecular formula is C39H53N7O6S. The van der Waals surface area contributed by atoms with E-state index in [2.05, 4.69) is 25.9 Å². The van der Waals surface area contributed by atoms with Gasteiger partial charge in [0.1, 0.15) is 11.8 Å². The lowest BCUT2D eigenvalue weighted by atomic mass is 9.97. The number of hydrogen-bond acceptors (Lipinski definition) is 9. The highest BCUT2D eigenvalue weighted by molar-refractivity contribution is 7.89. The second-order valence-electron chi connectivity index (χ2n) is 13.9. The molecule has 0 saturated heterocycles. The van der Waals surface area contributed by atoms with Crippen molar-refractivity contribution in [2.24, 2.45) is 22.1 Å². The fourth-order valence-electron chi connectivity index (χ4n) is 6.53. The molecule has 3 atom stereocenters. The number of hydrogen-bond donors (Lipinski definition) is 4. The molecule has 3 amide bonds. The van der Waals surface area contributed by atoms with E-state index < -0.39 is 28.1 Å². The summed E-state index contributed by atoms with van der Waals surface area (Å²) in [6.07, 6.45) is 6.75. The van der Waals surface area contributed by atoms with Crippen LogP contribution < -0.4 is 10.6 Å². The monoisotopic (exact) mass is 747 g/mol. The number of rotatable bonds is 18. The molecule has 0 aliphatic heterocycles. The molecule has 286 valence electrons. The highest BCUT2D eigenvalue weighted by Gasteiger charge is 2.32. The maximum absolute atomic E-state index is 14.1. The summed E-state index contributed by atoms with van der Waals surface area (Å²) in [6.45, 7) is 6.23. The van der Waals surface area contributed by atoms with E-state index in [9.17, 15) is 18.0 Å². The standard InChI is InChI=1S/C39H53N7O6S/c1-5-28(2)37(43-39(48)45(4)27-34-16-11-17-36(41-34)29(3)44-50)38(47)42-33(24-30-12-7-6-8-13-30)22-23-46(26-32-14-9-10-15-32)53(51,52)35-20-18-31(19-21-35)25-40-49/h6-8,11-13,16-21,25,28,32-33,37,49-50H,5,9-10,14-15,22-24,26-27H2,1-4H3,(H,42,47)(H,43,48)/b40-25?,44-29+/t28-,33+,37+/m0/s1. The molecule has 0 radical (unpaired) electrons. The number of nitrogens with zero attached hydrogens (tertiary/aromatic N) is 5. The topological polar surface area (TPSA) is 177 Å². The van der Waals surface area contributed by atoms with Gasteiger partial charge in [-0.25, -0.2) is 18.2 Å². The number of sulfonamides is 1. The van der Waals surface area contributed by atoms with Crippen molar-refractivity contribution in [3.63, 3.8) is 0 Å². The molecule has 13 nitrogen and oxygen atoms in total. The Morgan fingerprint density at radius 1 is 1.00 bits per heavy atom. The number of urea groups is 1. The molecule has 1 aliphatic carbocycles. The summed E-state index contributed by atoms with van der Waals surface area (Å²) < 4.78 is 29.7. The van der Waals surface area contributed by atoms with Crippen LogP contribution in [0.5, 0.6) is 0 Å². The van der Waals surface area contributed by atoms with Gasteiger partial charge in [-0.2, -0.15) is 4.31 Å². The zero-order chi connectivity index (χ0) is 38.4. The first-order valence-electron chi connectivity index (χ1n) is 18.2. The third-order valence-corrected chi connectivity index (χ3v) is 11.8. The maximum atomic E-state index is 14.1. The van der Waals surface area contributed by atoms with Crippen LogP contribution in [0, 0.1) is 11.8 Å². The van der Waals surface area contributed by atoms with Crippen LogP contribution in [0.25, 0.3) is 0 Å². The van der Waals surface area contributed by atoms with Crippen LogP contribution in [0.4, 0.5) is 4.79 Å². The number of benzene rings is 2. The highest BCUT2D eigenvalue weighted by atomic mass is 32.2. The van der Waals surface area contributed by atoms with Crippen molar-refractivity contribution in [2.45, 2.75) is 89.2 Å². The minimum Gasteiger partial charge on any atom is -0.411 e. The minimum atomic E-state index is -3.88. The van der Waals surface area contributed by atoms with Crippen LogP contribution >= 0.6 is 0 Å². The van der Waals surface area contributed by atoms with Crippen LogP contribution in [-0.4, -0.2) is 89.1 Å². The van der Waals surface area contributed by atoms with Gasteiger partial charge in [0.2, 0.25) is 15.9 Å². The van der Waals surface area contributed by atoms with Gasteiger partial charge in [0.15, 0.2) is 0 Å². The third-order valence-electron chi connectivity index (χ3n) is 9.91. The minimum absolute atomic E-state index is 0.150. The Morgan fingerprint density at radius 2 is 1.70 bits per heavy atom. The number of pyridine rings is 1. The smallest absolute Gasteiger partial charge is 0.318 e. The van der Waals surface area contributed by atoms with Gasteiger partial charge in [-0.05, 0) is 79.8 Å². The van der Waals surface area contributed by atoms with Gasteiger partial charge in [0, 0.05) is 26.2 Å². The van der Waals surface area contributed by atoms with Crippen LogP contribution in [0.1, 0.15) is 81.8 Å². The first-order chi connectivity index (χ1) is 25.4. The predicted molar refractivity (Wildman–Crippen MR) is 205 cm³/mol. The normalized spacial score (nSPS) is 15.7. The van der Waals surface area contributed by atoms with E-state index in [1.807, 2.05) is 44.2 Å². The summed E-state index contributed by atoms with van der Waals surface area (Å²) in [7, 11) is -2.27. The first kappa shape index (κ1) is 40.9. The van der Waals surface area contributed by atoms with Crippen LogP contribution in [-0.2, 0) is 27.8 Å². The lowest BCUT2D eigenvalue weighted by Crippen LogP contribution is -2.55. The van der Waals surface area contributed by atoms with Gasteiger partial charge in [0.25, 0.3) is 0 Å². The third kappa shape index (κ3) is 11.8. The number of nitrogens with one attached hydrogen (secondary N) is 2. The van der Waals surface area contributed by atoms with Crippen molar-refractivity contribution in [3.05, 3.63) is 95.3 Å². The summed E-state index contributed by atoms with van der Waals surface area (Å²) in [6, 6.07) is 19.5. The lowest BCUT2D eigenvalue weighted by Gasteiger charge is -2.30. The number of aromatic nitrogens is 1. The van der Waals surface area contributed by atoms with E-state index in [0.29, 0.717) is 48.5 Å². The van der Waals surface area contributed by atoms with Gasteiger partial charge < -0.3 is 25.9 Å². The highest BCUT2D eigenvalue weighted by Crippen LogP contribution is 2.28. The van der Waals surface area contributed by atoms with E-state index in [1.54, 1.807) is 48.6 Å². The molecule has 1 fully saturated rings.